The fourth-order valence-corrected chi connectivity index (χ4v) is 3.20. The molecule has 0 spiro atoms. The first-order valence-corrected chi connectivity index (χ1v) is 11.0. The molecule has 1 aromatic rings. The van der Waals surface area contributed by atoms with Crippen molar-refractivity contribution in [3.8, 4) is 0 Å². The first-order chi connectivity index (χ1) is 16.8. The van der Waals surface area contributed by atoms with Crippen LogP contribution in [0.15, 0.2) is 18.2 Å². The molecule has 9 nitrogen and oxygen atoms in total. The van der Waals surface area contributed by atoms with Gasteiger partial charge in [0.1, 0.15) is 5.60 Å². The molecule has 0 heterocycles. The van der Waals surface area contributed by atoms with E-state index in [1.165, 1.54) is 20.8 Å². The molecule has 210 valence electrons. The summed E-state index contributed by atoms with van der Waals surface area (Å²) in [5.74, 6) is 0. The van der Waals surface area contributed by atoms with Gasteiger partial charge in [-0.1, -0.05) is 0 Å². The second-order valence-electron chi connectivity index (χ2n) is 9.11. The number of hydrogen-bond acceptors (Lipinski definition) is 4. The monoisotopic (exact) mass is 545 g/mol. The topological polar surface area (TPSA) is 128 Å². The zero-order chi connectivity index (χ0) is 28.6. The van der Waals surface area contributed by atoms with Crippen LogP contribution in [0.2, 0.25) is 0 Å². The van der Waals surface area contributed by atoms with Crippen LogP contribution < -0.4 is 10.6 Å². The lowest BCUT2D eigenvalue weighted by molar-refractivity contribution is -0.143. The number of rotatable bonds is 10. The summed E-state index contributed by atoms with van der Waals surface area (Å²) in [6.07, 6.45) is -14.0. The third-order valence-corrected chi connectivity index (χ3v) is 4.74. The molecule has 0 bridgehead atoms. The van der Waals surface area contributed by atoms with E-state index in [0.29, 0.717) is 12.1 Å². The van der Waals surface area contributed by atoms with Crippen molar-refractivity contribution >= 4 is 18.3 Å². The minimum absolute atomic E-state index is 0.00684. The molecule has 0 radical (unpaired) electrons. The number of carbonyl (C=O) groups is 3. The van der Waals surface area contributed by atoms with E-state index in [1.807, 2.05) is 0 Å². The molecule has 1 atom stereocenters. The zero-order valence-corrected chi connectivity index (χ0v) is 20.3. The number of nitrogens with zero attached hydrogens (tertiary/aromatic N) is 1. The number of carboxylic acid groups (broad SMARTS) is 2. The highest BCUT2D eigenvalue weighted by atomic mass is 19.4. The summed E-state index contributed by atoms with van der Waals surface area (Å²) in [4.78, 5) is 35.5. The van der Waals surface area contributed by atoms with Crippen LogP contribution in [-0.4, -0.2) is 64.7 Å². The molecule has 0 aliphatic heterocycles. The van der Waals surface area contributed by atoms with Crippen LogP contribution in [0.4, 0.5) is 40.7 Å². The van der Waals surface area contributed by atoms with E-state index in [9.17, 15) is 40.7 Å². The van der Waals surface area contributed by atoms with Gasteiger partial charge >= 0.3 is 30.6 Å². The van der Waals surface area contributed by atoms with Gasteiger partial charge in [-0.05, 0) is 63.8 Å². The number of ether oxygens (including phenoxy) is 1. The van der Waals surface area contributed by atoms with Crippen molar-refractivity contribution in [2.24, 2.45) is 0 Å². The van der Waals surface area contributed by atoms with E-state index in [0.717, 1.165) is 4.90 Å². The number of hydrogen-bond donors (Lipinski definition) is 4. The maximum atomic E-state index is 13.2. The Kier molecular flexibility index (Phi) is 10.9. The van der Waals surface area contributed by atoms with E-state index < -0.39 is 66.4 Å². The standard InChI is InChI=1S/C22H29F6N3O6/c1-20(2,3)37-19(36)31(12-16(30-18(34)35)5-4-7-29-17(32)33)8-6-13-9-14(21(23,24)25)11-15(10-13)22(26,27)28/h9-11,16,29-30H,4-8,12H2,1-3H3,(H,32,33)(H,34,35). The Hall–Kier alpha value is -3.39. The third-order valence-electron chi connectivity index (χ3n) is 4.74. The smallest absolute Gasteiger partial charge is 0.416 e. The molecule has 0 saturated carbocycles. The lowest BCUT2D eigenvalue weighted by Gasteiger charge is -2.30. The summed E-state index contributed by atoms with van der Waals surface area (Å²) in [5, 5.41) is 22.0. The number of carbonyl (C=O) groups excluding carboxylic acids is 1. The van der Waals surface area contributed by atoms with Crippen LogP contribution in [0, 0.1) is 0 Å². The first kappa shape index (κ1) is 31.6. The van der Waals surface area contributed by atoms with Gasteiger partial charge in [0.2, 0.25) is 0 Å². The van der Waals surface area contributed by atoms with Crippen molar-refractivity contribution in [2.45, 2.75) is 64.0 Å². The Morgan fingerprint density at radius 3 is 1.92 bits per heavy atom. The van der Waals surface area contributed by atoms with Gasteiger partial charge in [-0.15, -0.1) is 0 Å². The number of alkyl halides is 6. The minimum Gasteiger partial charge on any atom is -0.465 e. The zero-order valence-electron chi connectivity index (χ0n) is 20.3. The van der Waals surface area contributed by atoms with Crippen molar-refractivity contribution in [3.05, 3.63) is 34.9 Å². The van der Waals surface area contributed by atoms with Gasteiger partial charge in [-0.3, -0.25) is 0 Å². The Labute approximate surface area is 208 Å². The normalized spacial score (nSPS) is 13.0. The predicted octanol–water partition coefficient (Wildman–Crippen LogP) is 5.19. The van der Waals surface area contributed by atoms with E-state index in [2.05, 4.69) is 10.6 Å². The van der Waals surface area contributed by atoms with Crippen molar-refractivity contribution in [3.63, 3.8) is 0 Å². The largest absolute Gasteiger partial charge is 0.465 e. The summed E-state index contributed by atoms with van der Waals surface area (Å²) in [5.41, 5.74) is -4.35. The summed E-state index contributed by atoms with van der Waals surface area (Å²) >= 11 is 0. The Morgan fingerprint density at radius 1 is 0.946 bits per heavy atom. The van der Waals surface area contributed by atoms with Crippen LogP contribution in [-0.2, 0) is 23.5 Å². The van der Waals surface area contributed by atoms with E-state index in [1.54, 1.807) is 0 Å². The van der Waals surface area contributed by atoms with E-state index in [-0.39, 0.29) is 37.6 Å². The fourth-order valence-electron chi connectivity index (χ4n) is 3.20. The molecule has 0 aliphatic carbocycles. The number of halogens is 6. The molecule has 0 aliphatic rings. The Bertz CT molecular complexity index is 914. The molecule has 1 unspecified atom stereocenters. The van der Waals surface area contributed by atoms with Crippen molar-refractivity contribution < 1.29 is 55.7 Å². The molecule has 3 amide bonds. The maximum Gasteiger partial charge on any atom is 0.416 e. The van der Waals surface area contributed by atoms with Gasteiger partial charge in [0.05, 0.1) is 11.1 Å². The van der Waals surface area contributed by atoms with Crippen LogP contribution in [0.25, 0.3) is 0 Å². The maximum absolute atomic E-state index is 13.2. The van der Waals surface area contributed by atoms with Gasteiger partial charge in [0, 0.05) is 25.7 Å². The van der Waals surface area contributed by atoms with Gasteiger partial charge < -0.3 is 30.5 Å². The Morgan fingerprint density at radius 2 is 1.49 bits per heavy atom. The molecule has 0 aromatic heterocycles. The second kappa shape index (κ2) is 12.7. The van der Waals surface area contributed by atoms with Crippen LogP contribution in [0.5, 0.6) is 0 Å². The van der Waals surface area contributed by atoms with Gasteiger partial charge in [-0.2, -0.15) is 26.3 Å². The molecule has 0 fully saturated rings. The lowest BCUT2D eigenvalue weighted by atomic mass is 10.0. The van der Waals surface area contributed by atoms with Gasteiger partial charge in [0.25, 0.3) is 0 Å². The molecule has 1 rings (SSSR count). The van der Waals surface area contributed by atoms with Crippen molar-refractivity contribution in [2.75, 3.05) is 19.6 Å². The third kappa shape index (κ3) is 12.4. The minimum atomic E-state index is -5.04. The average Bonchev–Trinajstić information content (AvgIpc) is 2.70. The molecule has 0 saturated heterocycles. The van der Waals surface area contributed by atoms with E-state index in [4.69, 9.17) is 14.9 Å². The predicted molar refractivity (Wildman–Crippen MR) is 118 cm³/mol. The number of benzene rings is 1. The van der Waals surface area contributed by atoms with Gasteiger partial charge in [0.15, 0.2) is 0 Å². The summed E-state index contributed by atoms with van der Waals surface area (Å²) in [6.45, 7) is 3.87. The number of nitrogens with one attached hydrogen (secondary N) is 2. The highest BCUT2D eigenvalue weighted by Gasteiger charge is 2.37. The summed E-state index contributed by atoms with van der Waals surface area (Å²) in [6, 6.07) is 0.153. The molecule has 4 N–H and O–H groups in total. The van der Waals surface area contributed by atoms with E-state index >= 15 is 0 Å². The van der Waals surface area contributed by atoms with Gasteiger partial charge in [-0.25, -0.2) is 14.4 Å². The number of amides is 3. The van der Waals surface area contributed by atoms with Crippen LogP contribution >= 0.6 is 0 Å². The highest BCUT2D eigenvalue weighted by molar-refractivity contribution is 5.69. The first-order valence-electron chi connectivity index (χ1n) is 11.0. The molecular formula is C22H29F6N3O6. The molecule has 37 heavy (non-hydrogen) atoms. The summed E-state index contributed by atoms with van der Waals surface area (Å²) in [7, 11) is 0. The quantitative estimate of drug-likeness (QED) is 0.237. The highest BCUT2D eigenvalue weighted by Crippen LogP contribution is 2.36. The SMILES string of the molecule is CC(C)(C)OC(=O)N(CCc1cc(C(F)(F)F)cc(C(F)(F)F)c1)CC(CCCNC(=O)O)NC(=O)O. The average molecular weight is 545 g/mol. The second-order valence-corrected chi connectivity index (χ2v) is 9.11. The lowest BCUT2D eigenvalue weighted by Crippen LogP contribution is -2.47. The van der Waals surface area contributed by atoms with Crippen LogP contribution in [0.1, 0.15) is 50.3 Å². The van der Waals surface area contributed by atoms with Crippen molar-refractivity contribution in [1.82, 2.24) is 15.5 Å². The fraction of sp³-hybridized carbons (Fsp3) is 0.591. The van der Waals surface area contributed by atoms with Crippen molar-refractivity contribution in [1.29, 1.82) is 0 Å². The molecular weight excluding hydrogens is 516 g/mol. The Balaban J connectivity index is 3.19. The van der Waals surface area contributed by atoms with Crippen LogP contribution in [0.3, 0.4) is 0 Å². The summed E-state index contributed by atoms with van der Waals surface area (Å²) < 4.78 is 84.4. The molecule has 1 aromatic carbocycles. The molecule has 15 heteroatoms.